The fourth-order valence-electron chi connectivity index (χ4n) is 8.45. The maximum atomic E-state index is 11.1. The van der Waals surface area contributed by atoms with Crippen LogP contribution in [-0.4, -0.2) is 25.1 Å². The van der Waals surface area contributed by atoms with Gasteiger partial charge in [-0.15, -0.1) is 6.58 Å². The van der Waals surface area contributed by atoms with E-state index in [4.69, 9.17) is 4.43 Å². The molecule has 4 aliphatic carbocycles. The summed E-state index contributed by atoms with van der Waals surface area (Å²) < 4.78 is 7.10. The minimum absolute atomic E-state index is 0.286. The highest BCUT2D eigenvalue weighted by Gasteiger charge is 2.62. The van der Waals surface area contributed by atoms with Crippen molar-refractivity contribution in [1.82, 2.24) is 0 Å². The van der Waals surface area contributed by atoms with E-state index in [-0.39, 0.29) is 5.04 Å². The Morgan fingerprint density at radius 2 is 1.65 bits per heavy atom. The van der Waals surface area contributed by atoms with Crippen LogP contribution in [0.5, 0.6) is 0 Å². The zero-order valence-electron chi connectivity index (χ0n) is 21.6. The van der Waals surface area contributed by atoms with Crippen molar-refractivity contribution in [2.24, 2.45) is 34.5 Å². The van der Waals surface area contributed by atoms with Crippen LogP contribution >= 0.6 is 0 Å². The van der Waals surface area contributed by atoms with Crippen LogP contribution in [0.1, 0.15) is 98.8 Å². The smallest absolute Gasteiger partial charge is 0.192 e. The molecular weight excluding hydrogens is 396 g/mol. The summed E-state index contributed by atoms with van der Waals surface area (Å²) in [5, 5.41) is 11.4. The second-order valence-corrected chi connectivity index (χ2v) is 18.8. The maximum absolute atomic E-state index is 11.1. The first-order chi connectivity index (χ1) is 14.3. The van der Waals surface area contributed by atoms with Crippen LogP contribution in [0.15, 0.2) is 12.7 Å². The van der Waals surface area contributed by atoms with Crippen molar-refractivity contribution in [3.63, 3.8) is 0 Å². The molecule has 4 saturated carbocycles. The van der Waals surface area contributed by atoms with Gasteiger partial charge in [-0.05, 0) is 117 Å². The lowest BCUT2D eigenvalue weighted by Gasteiger charge is -2.62. The fraction of sp³-hybridized carbons (Fsp3) is 0.929. The summed E-state index contributed by atoms with van der Waals surface area (Å²) >= 11 is 0. The molecule has 31 heavy (non-hydrogen) atoms. The van der Waals surface area contributed by atoms with Gasteiger partial charge in [-0.2, -0.15) is 0 Å². The molecule has 0 aromatic rings. The Hall–Kier alpha value is -0.123. The monoisotopic (exact) mass is 446 g/mol. The van der Waals surface area contributed by atoms with Gasteiger partial charge in [-0.25, -0.2) is 0 Å². The standard InChI is InChI=1S/C28H50O2Si/c1-9-15-28(29)18-17-26(5)20(19-28)10-11-21-22-12-13-24(27(22,6)16-14-23(21)26)30-31(7,8)25(2,3)4/h9,20-24,29H,1,10-19H2,2-8H3/t20?,21-,22-,23-,24-,26-,27-,28+/m0/s1. The van der Waals surface area contributed by atoms with Crippen LogP contribution < -0.4 is 0 Å². The van der Waals surface area contributed by atoms with Crippen LogP contribution in [0.3, 0.4) is 0 Å². The molecule has 0 aromatic carbocycles. The van der Waals surface area contributed by atoms with Gasteiger partial charge in [0.25, 0.3) is 0 Å². The average Bonchev–Trinajstić information content (AvgIpc) is 2.98. The third kappa shape index (κ3) is 3.83. The zero-order valence-corrected chi connectivity index (χ0v) is 22.6. The van der Waals surface area contributed by atoms with E-state index in [1.165, 1.54) is 44.9 Å². The molecule has 4 aliphatic rings. The summed E-state index contributed by atoms with van der Waals surface area (Å²) in [5.74, 6) is 3.26. The van der Waals surface area contributed by atoms with E-state index in [0.717, 1.165) is 37.0 Å². The van der Waals surface area contributed by atoms with Crippen LogP contribution in [0.25, 0.3) is 0 Å². The van der Waals surface area contributed by atoms with Gasteiger partial charge in [0, 0.05) is 0 Å². The van der Waals surface area contributed by atoms with Crippen molar-refractivity contribution >= 4 is 8.32 Å². The molecule has 4 fully saturated rings. The first-order valence-electron chi connectivity index (χ1n) is 13.3. The molecule has 0 radical (unpaired) electrons. The summed E-state index contributed by atoms with van der Waals surface area (Å²) in [7, 11) is -1.74. The van der Waals surface area contributed by atoms with Gasteiger partial charge < -0.3 is 9.53 Å². The summed E-state index contributed by atoms with van der Waals surface area (Å²) in [6.07, 6.45) is 14.4. The Morgan fingerprint density at radius 3 is 2.29 bits per heavy atom. The van der Waals surface area contributed by atoms with Crippen molar-refractivity contribution in [2.45, 2.75) is 129 Å². The molecule has 8 atom stereocenters. The quantitative estimate of drug-likeness (QED) is 0.353. The van der Waals surface area contributed by atoms with Crippen molar-refractivity contribution in [3.8, 4) is 0 Å². The summed E-state index contributed by atoms with van der Waals surface area (Å²) in [4.78, 5) is 0. The van der Waals surface area contributed by atoms with Crippen LogP contribution in [-0.2, 0) is 4.43 Å². The van der Waals surface area contributed by atoms with Crippen LogP contribution in [0.4, 0.5) is 0 Å². The topological polar surface area (TPSA) is 29.5 Å². The number of hydrogen-bond acceptors (Lipinski definition) is 2. The Kier molecular flexibility index (Phi) is 5.97. The zero-order chi connectivity index (χ0) is 22.9. The highest BCUT2D eigenvalue weighted by Crippen LogP contribution is 2.67. The molecular formula is C28H50O2Si. The largest absolute Gasteiger partial charge is 0.413 e. The molecule has 1 unspecified atom stereocenters. The van der Waals surface area contributed by atoms with Gasteiger partial charge in [0.05, 0.1) is 11.7 Å². The van der Waals surface area contributed by atoms with Crippen molar-refractivity contribution in [1.29, 1.82) is 0 Å². The first kappa shape index (κ1) is 24.0. The summed E-state index contributed by atoms with van der Waals surface area (Å²) in [6.45, 7) is 21.1. The Labute approximate surface area is 193 Å². The molecule has 0 aromatic heterocycles. The minimum atomic E-state index is -1.74. The van der Waals surface area contributed by atoms with E-state index in [9.17, 15) is 5.11 Å². The van der Waals surface area contributed by atoms with E-state index in [1.54, 1.807) is 0 Å². The minimum Gasteiger partial charge on any atom is -0.413 e. The number of fused-ring (bicyclic) bond motifs is 5. The Morgan fingerprint density at radius 1 is 0.968 bits per heavy atom. The number of hydrogen-bond donors (Lipinski definition) is 1. The molecule has 3 heteroatoms. The third-order valence-corrected chi connectivity index (χ3v) is 16.0. The predicted octanol–water partition coefficient (Wildman–Crippen LogP) is 7.73. The first-order valence-corrected chi connectivity index (χ1v) is 16.2. The summed E-state index contributed by atoms with van der Waals surface area (Å²) in [5.41, 5.74) is 0.311. The maximum Gasteiger partial charge on any atom is 0.192 e. The lowest BCUT2D eigenvalue weighted by atomic mass is 9.44. The van der Waals surface area contributed by atoms with Gasteiger partial charge in [0.1, 0.15) is 0 Å². The molecule has 178 valence electrons. The van der Waals surface area contributed by atoms with Gasteiger partial charge in [-0.3, -0.25) is 0 Å². The number of rotatable bonds is 4. The van der Waals surface area contributed by atoms with E-state index in [1.807, 2.05) is 6.08 Å². The second kappa shape index (κ2) is 7.70. The fourth-order valence-corrected chi connectivity index (χ4v) is 9.91. The Bertz CT molecular complexity index is 696. The second-order valence-electron chi connectivity index (χ2n) is 14.1. The van der Waals surface area contributed by atoms with E-state index in [2.05, 4.69) is 54.3 Å². The molecule has 1 N–H and O–H groups in total. The van der Waals surface area contributed by atoms with Crippen molar-refractivity contribution in [3.05, 3.63) is 12.7 Å². The van der Waals surface area contributed by atoms with Gasteiger partial charge in [0.2, 0.25) is 0 Å². The van der Waals surface area contributed by atoms with Gasteiger partial charge in [-0.1, -0.05) is 40.7 Å². The molecule has 0 saturated heterocycles. The molecule has 0 bridgehead atoms. The van der Waals surface area contributed by atoms with Crippen LogP contribution in [0.2, 0.25) is 18.1 Å². The van der Waals surface area contributed by atoms with Crippen LogP contribution in [0, 0.1) is 34.5 Å². The molecule has 0 heterocycles. The molecule has 0 aliphatic heterocycles. The van der Waals surface area contributed by atoms with Gasteiger partial charge >= 0.3 is 0 Å². The summed E-state index contributed by atoms with van der Waals surface area (Å²) in [6, 6.07) is 0. The third-order valence-electron chi connectivity index (χ3n) is 11.5. The van der Waals surface area contributed by atoms with Crippen molar-refractivity contribution < 1.29 is 9.53 Å². The van der Waals surface area contributed by atoms with E-state index in [0.29, 0.717) is 22.9 Å². The normalized spacial score (nSPS) is 47.9. The average molecular weight is 447 g/mol. The molecule has 0 amide bonds. The van der Waals surface area contributed by atoms with E-state index >= 15 is 0 Å². The molecule has 0 spiro atoms. The predicted molar refractivity (Wildman–Crippen MR) is 134 cm³/mol. The molecule has 4 rings (SSSR count). The van der Waals surface area contributed by atoms with E-state index < -0.39 is 13.9 Å². The lowest BCUT2D eigenvalue weighted by molar-refractivity contribution is -0.153. The molecule has 2 nitrogen and oxygen atoms in total. The Balaban J connectivity index is 1.52. The highest BCUT2D eigenvalue weighted by molar-refractivity contribution is 6.74. The highest BCUT2D eigenvalue weighted by atomic mass is 28.4. The lowest BCUT2D eigenvalue weighted by Crippen LogP contribution is -2.57. The van der Waals surface area contributed by atoms with Crippen molar-refractivity contribution in [2.75, 3.05) is 0 Å². The number of aliphatic hydroxyl groups is 1. The van der Waals surface area contributed by atoms with Gasteiger partial charge in [0.15, 0.2) is 8.32 Å². The SMILES string of the molecule is C=CC[C@@]1(O)CC[C@@]2(C)C(CC[C@H]3[C@@H]4CC[C@H](O[Si](C)(C)C(C)(C)C)[C@@]4(C)CC[C@@H]32)C1.